The maximum atomic E-state index is 12.7. The number of hydrogen-bond donors (Lipinski definition) is 2. The van der Waals surface area contributed by atoms with Crippen molar-refractivity contribution in [1.29, 1.82) is 0 Å². The number of anilines is 1. The van der Waals surface area contributed by atoms with Crippen LogP contribution in [0.5, 0.6) is 5.75 Å². The fraction of sp³-hybridized carbons (Fsp3) is 0.276. The summed E-state index contributed by atoms with van der Waals surface area (Å²) in [4.78, 5) is 50.8. The standard InChI is InChI=1S/C20H17N3O3.C4H9NO.C3H4O.C2H5NO/c1-12(2)23-11-21-19-14(5-4-6-15(19)20(23)25)13-7-8-17-16(9-13)22(3)18(24)10-26-17;1-5-2-4(6)3-5;1-2-3-4;1-3-2-4/h4-9,11H,1,10H2,2-3H3;4,6H,2-3H2,1H3;2-3H,1H2;2H,1H3,(H,3,4). The Labute approximate surface area is 233 Å². The van der Waals surface area contributed by atoms with Gasteiger partial charge in [0.1, 0.15) is 18.4 Å². The van der Waals surface area contributed by atoms with Gasteiger partial charge in [-0.2, -0.15) is 0 Å². The average Bonchev–Trinajstić information content (AvgIpc) is 2.94. The number of aromatic nitrogens is 2. The summed E-state index contributed by atoms with van der Waals surface area (Å²) in [7, 11) is 5.28. The molecule has 0 atom stereocenters. The molecule has 5 rings (SSSR count). The van der Waals surface area contributed by atoms with Crippen LogP contribution in [0.1, 0.15) is 6.92 Å². The Morgan fingerprint density at radius 2 is 1.82 bits per heavy atom. The first-order valence-corrected chi connectivity index (χ1v) is 12.3. The second-order valence-electron chi connectivity index (χ2n) is 8.93. The number of fused-ring (bicyclic) bond motifs is 2. The van der Waals surface area contributed by atoms with Gasteiger partial charge in [-0.1, -0.05) is 31.4 Å². The molecule has 3 heterocycles. The molecule has 1 saturated heterocycles. The summed E-state index contributed by atoms with van der Waals surface area (Å²) >= 11 is 0. The van der Waals surface area contributed by atoms with Gasteiger partial charge in [-0.3, -0.25) is 23.7 Å². The van der Waals surface area contributed by atoms with Gasteiger partial charge in [-0.15, -0.1) is 0 Å². The number of rotatable bonds is 4. The van der Waals surface area contributed by atoms with Crippen molar-refractivity contribution in [2.45, 2.75) is 13.0 Å². The highest BCUT2D eigenvalue weighted by Crippen LogP contribution is 2.36. The highest BCUT2D eigenvalue weighted by atomic mass is 16.5. The van der Waals surface area contributed by atoms with E-state index in [0.717, 1.165) is 24.2 Å². The fourth-order valence-corrected chi connectivity index (χ4v) is 3.76. The van der Waals surface area contributed by atoms with Crippen molar-refractivity contribution in [3.8, 4) is 16.9 Å². The monoisotopic (exact) mass is 549 g/mol. The topological polar surface area (TPSA) is 134 Å². The smallest absolute Gasteiger partial charge is 0.265 e. The number of likely N-dealkylation sites (N-methyl/N-ethyl adjacent to an activating group) is 2. The first-order chi connectivity index (χ1) is 19.1. The number of aliphatic hydroxyl groups excluding tert-OH is 1. The molecular formula is C29H35N5O6. The van der Waals surface area contributed by atoms with Crippen molar-refractivity contribution in [2.24, 2.45) is 0 Å². The molecule has 40 heavy (non-hydrogen) atoms. The van der Waals surface area contributed by atoms with Gasteiger partial charge in [0.25, 0.3) is 11.5 Å². The number of aliphatic hydroxyl groups is 1. The number of nitrogens with one attached hydrogen (secondary N) is 1. The molecule has 0 saturated carbocycles. The van der Waals surface area contributed by atoms with Crippen LogP contribution in [0.2, 0.25) is 0 Å². The molecule has 212 valence electrons. The predicted molar refractivity (Wildman–Crippen MR) is 156 cm³/mol. The zero-order chi connectivity index (χ0) is 29.8. The predicted octanol–water partition coefficient (Wildman–Crippen LogP) is 1.94. The number of allylic oxidation sites excluding steroid dienone is 2. The minimum absolute atomic E-state index is 0.0324. The third kappa shape index (κ3) is 7.95. The maximum Gasteiger partial charge on any atom is 0.265 e. The molecule has 1 aromatic heterocycles. The van der Waals surface area contributed by atoms with Crippen LogP contribution in [0.15, 0.2) is 66.8 Å². The van der Waals surface area contributed by atoms with E-state index in [4.69, 9.17) is 19.4 Å². The van der Waals surface area contributed by atoms with E-state index in [9.17, 15) is 9.59 Å². The van der Waals surface area contributed by atoms with Crippen molar-refractivity contribution in [3.63, 3.8) is 0 Å². The van der Waals surface area contributed by atoms with Crippen LogP contribution in [0, 0.1) is 0 Å². The second kappa shape index (κ2) is 15.1. The number of amides is 2. The summed E-state index contributed by atoms with van der Waals surface area (Å²) in [6.45, 7) is 10.4. The quantitative estimate of drug-likeness (QED) is 0.373. The number of ether oxygens (including phenoxy) is 1. The third-order valence-corrected chi connectivity index (χ3v) is 5.81. The fourth-order valence-electron chi connectivity index (χ4n) is 3.76. The average molecular weight is 550 g/mol. The van der Waals surface area contributed by atoms with Crippen molar-refractivity contribution in [2.75, 3.05) is 45.7 Å². The lowest BCUT2D eigenvalue weighted by molar-refractivity contribution is -0.121. The lowest BCUT2D eigenvalue weighted by atomic mass is 10.0. The molecule has 1 fully saturated rings. The maximum absolute atomic E-state index is 12.7. The number of β-amino-alcohol motifs (C(OH)–C–C–N with tert-alkyl or cyclic N) is 1. The number of benzene rings is 2. The Morgan fingerprint density at radius 1 is 1.18 bits per heavy atom. The Kier molecular flexibility index (Phi) is 11.9. The van der Waals surface area contributed by atoms with Gasteiger partial charge in [0, 0.05) is 38.4 Å². The Bertz CT molecular complexity index is 1420. The molecule has 2 aromatic carbocycles. The van der Waals surface area contributed by atoms with Crippen molar-refractivity contribution in [1.82, 2.24) is 19.8 Å². The van der Waals surface area contributed by atoms with Gasteiger partial charge in [-0.25, -0.2) is 4.98 Å². The first-order valence-electron chi connectivity index (χ1n) is 12.3. The molecule has 2 aliphatic heterocycles. The van der Waals surface area contributed by atoms with E-state index in [1.54, 1.807) is 32.0 Å². The van der Waals surface area contributed by atoms with E-state index in [-0.39, 0.29) is 24.2 Å². The van der Waals surface area contributed by atoms with E-state index >= 15 is 0 Å². The van der Waals surface area contributed by atoms with Gasteiger partial charge in [-0.05, 0) is 43.8 Å². The Hall–Kier alpha value is -4.61. The molecule has 0 aliphatic carbocycles. The number of hydrogen-bond acceptors (Lipinski definition) is 8. The van der Waals surface area contributed by atoms with Gasteiger partial charge >= 0.3 is 0 Å². The number of carbonyl (C=O) groups is 3. The summed E-state index contributed by atoms with van der Waals surface area (Å²) in [5.41, 5.74) is 3.45. The van der Waals surface area contributed by atoms with Crippen molar-refractivity contribution in [3.05, 3.63) is 72.3 Å². The summed E-state index contributed by atoms with van der Waals surface area (Å²) in [5.74, 6) is 0.559. The van der Waals surface area contributed by atoms with Crippen LogP contribution >= 0.6 is 0 Å². The molecule has 0 radical (unpaired) electrons. The van der Waals surface area contributed by atoms with Gasteiger partial charge in [0.15, 0.2) is 6.61 Å². The van der Waals surface area contributed by atoms with E-state index in [0.29, 0.717) is 40.7 Å². The number of para-hydroxylation sites is 1. The minimum Gasteiger partial charge on any atom is -0.482 e. The van der Waals surface area contributed by atoms with Crippen LogP contribution in [0.3, 0.4) is 0 Å². The molecule has 0 unspecified atom stereocenters. The molecule has 2 N–H and O–H groups in total. The number of carbonyl (C=O) groups excluding carboxylic acids is 3. The minimum atomic E-state index is -0.155. The number of nitrogens with zero attached hydrogens (tertiary/aromatic N) is 4. The summed E-state index contributed by atoms with van der Waals surface area (Å²) in [5, 5.41) is 11.3. The van der Waals surface area contributed by atoms with Gasteiger partial charge < -0.3 is 25.0 Å². The van der Waals surface area contributed by atoms with E-state index in [1.165, 1.54) is 17.0 Å². The molecular weight excluding hydrogens is 514 g/mol. The normalized spacial score (nSPS) is 13.8. The van der Waals surface area contributed by atoms with Crippen molar-refractivity contribution >= 4 is 40.9 Å². The molecule has 0 bridgehead atoms. The van der Waals surface area contributed by atoms with E-state index in [1.807, 2.05) is 37.4 Å². The van der Waals surface area contributed by atoms with E-state index in [2.05, 4.69) is 28.4 Å². The SMILES string of the molecule is C=C(C)n1cnc2c(-c3ccc4c(c3)N(C)C(=O)CO4)cccc2c1=O.C=CC=O.CN1CC(O)C1.CNC=O. The highest BCUT2D eigenvalue weighted by Gasteiger charge is 2.23. The Balaban J connectivity index is 0.000000330. The summed E-state index contributed by atoms with van der Waals surface area (Å²) < 4.78 is 6.91. The van der Waals surface area contributed by atoms with Gasteiger partial charge in [0.2, 0.25) is 6.41 Å². The zero-order valence-corrected chi connectivity index (χ0v) is 23.2. The molecule has 0 spiro atoms. The van der Waals surface area contributed by atoms with Crippen LogP contribution in [-0.4, -0.2) is 85.1 Å². The second-order valence-corrected chi connectivity index (χ2v) is 8.93. The van der Waals surface area contributed by atoms with Crippen LogP contribution in [0.25, 0.3) is 27.7 Å². The van der Waals surface area contributed by atoms with Crippen molar-refractivity contribution < 1.29 is 24.2 Å². The van der Waals surface area contributed by atoms with Crippen LogP contribution in [0.4, 0.5) is 5.69 Å². The molecule has 11 heteroatoms. The number of aldehydes is 1. The molecule has 2 amide bonds. The molecule has 2 aliphatic rings. The largest absolute Gasteiger partial charge is 0.482 e. The lowest BCUT2D eigenvalue weighted by Gasteiger charge is -2.31. The number of likely N-dealkylation sites (tertiary alicyclic amines) is 1. The Morgan fingerprint density at radius 3 is 2.33 bits per heavy atom. The van der Waals surface area contributed by atoms with Crippen LogP contribution in [-0.2, 0) is 14.4 Å². The van der Waals surface area contributed by atoms with Crippen LogP contribution < -0.4 is 20.5 Å². The van der Waals surface area contributed by atoms with Gasteiger partial charge in [0.05, 0.1) is 22.7 Å². The zero-order valence-electron chi connectivity index (χ0n) is 23.2. The molecule has 11 nitrogen and oxygen atoms in total. The molecule has 3 aromatic rings. The first kappa shape index (κ1) is 31.6. The lowest BCUT2D eigenvalue weighted by Crippen LogP contribution is -2.47. The third-order valence-electron chi connectivity index (χ3n) is 5.81. The van der Waals surface area contributed by atoms with E-state index < -0.39 is 0 Å². The summed E-state index contributed by atoms with van der Waals surface area (Å²) in [6, 6.07) is 11.1. The highest BCUT2D eigenvalue weighted by molar-refractivity contribution is 5.99. The summed E-state index contributed by atoms with van der Waals surface area (Å²) in [6.07, 6.45) is 3.92.